The first kappa shape index (κ1) is 23.1. The molecule has 1 aromatic carbocycles. The van der Waals surface area contributed by atoms with E-state index in [-0.39, 0.29) is 16.0 Å². The van der Waals surface area contributed by atoms with Crippen LogP contribution in [0, 0.1) is 5.41 Å². The van der Waals surface area contributed by atoms with Crippen molar-refractivity contribution in [2.75, 3.05) is 5.59 Å². The molecule has 1 aromatic heterocycles. The first-order chi connectivity index (χ1) is 13.1. The maximum atomic E-state index is 13.2. The van der Waals surface area contributed by atoms with Gasteiger partial charge in [0.15, 0.2) is 14.1 Å². The predicted octanol–water partition coefficient (Wildman–Crippen LogP) is 4.53. The summed E-state index contributed by atoms with van der Waals surface area (Å²) in [6.45, 7) is 18.2. The Morgan fingerprint density at radius 2 is 1.72 bits per heavy atom. The molecule has 0 aliphatic rings. The summed E-state index contributed by atoms with van der Waals surface area (Å²) in [6.07, 6.45) is -0.497. The van der Waals surface area contributed by atoms with Gasteiger partial charge in [-0.2, -0.15) is 4.68 Å². The minimum Gasteiger partial charge on any atom is -0.406 e. The number of hydrogen-bond acceptors (Lipinski definition) is 6. The molecule has 0 saturated heterocycles. The van der Waals surface area contributed by atoms with Gasteiger partial charge in [0.2, 0.25) is 0 Å². The average Bonchev–Trinajstić information content (AvgIpc) is 2.56. The molecule has 1 N–H and O–H groups in total. The van der Waals surface area contributed by atoms with Crippen LogP contribution in [0.2, 0.25) is 18.1 Å². The van der Waals surface area contributed by atoms with Crippen LogP contribution in [-0.2, 0) is 14.1 Å². The van der Waals surface area contributed by atoms with E-state index >= 15 is 0 Å². The van der Waals surface area contributed by atoms with Crippen molar-refractivity contribution < 1.29 is 14.1 Å². The fourth-order valence-electron chi connectivity index (χ4n) is 2.61. The minimum atomic E-state index is -2.20. The monoisotopic (exact) mass is 419 g/mol. The van der Waals surface area contributed by atoms with Crippen molar-refractivity contribution in [2.24, 2.45) is 5.41 Å². The molecule has 1 atom stereocenters. The molecule has 0 bridgehead atoms. The number of rotatable bonds is 5. The van der Waals surface area contributed by atoms with Gasteiger partial charge in [0.1, 0.15) is 6.10 Å². The van der Waals surface area contributed by atoms with Gasteiger partial charge in [-0.3, -0.25) is 4.79 Å². The predicted molar refractivity (Wildman–Crippen MR) is 118 cm³/mol. The summed E-state index contributed by atoms with van der Waals surface area (Å²) in [5.41, 5.74) is 2.34. The summed E-state index contributed by atoms with van der Waals surface area (Å²) in [5.74, 6) is -0.180. The van der Waals surface area contributed by atoms with E-state index < -0.39 is 20.4 Å². The molecule has 2 aromatic rings. The topological polar surface area (TPSA) is 82.4 Å². The Balaban J connectivity index is 2.74. The van der Waals surface area contributed by atoms with E-state index in [2.05, 4.69) is 39.5 Å². The van der Waals surface area contributed by atoms with Crippen LogP contribution in [0.4, 0.5) is 0 Å². The van der Waals surface area contributed by atoms with Crippen molar-refractivity contribution >= 4 is 25.2 Å². The van der Waals surface area contributed by atoms with Crippen LogP contribution in [0.15, 0.2) is 29.1 Å². The van der Waals surface area contributed by atoms with Crippen molar-refractivity contribution in [3.05, 3.63) is 40.4 Å². The Bertz CT molecular complexity index is 955. The third-order valence-electron chi connectivity index (χ3n) is 5.32. The number of para-hydroxylation sites is 1. The van der Waals surface area contributed by atoms with Crippen LogP contribution in [-0.4, -0.2) is 23.9 Å². The van der Waals surface area contributed by atoms with Crippen molar-refractivity contribution in [3.63, 3.8) is 0 Å². The SMILES string of the molecule is CC(=O)ONn1c([C@@H](O[Si](C)(C)C(C)(C)C)C(C)(C)C)nc2ccccc2c1=O. The number of carbonyl (C=O) groups excluding carboxylic acids is 1. The molecule has 0 spiro atoms. The van der Waals surface area contributed by atoms with E-state index in [9.17, 15) is 9.59 Å². The number of hydrogen-bond donors (Lipinski definition) is 1. The van der Waals surface area contributed by atoms with Crippen molar-refractivity contribution in [1.82, 2.24) is 9.66 Å². The van der Waals surface area contributed by atoms with Crippen molar-refractivity contribution in [2.45, 2.75) is 72.7 Å². The fraction of sp³-hybridized carbons (Fsp3) is 0.571. The molecule has 0 aliphatic heterocycles. The largest absolute Gasteiger partial charge is 0.406 e. The van der Waals surface area contributed by atoms with E-state index in [1.165, 1.54) is 11.6 Å². The third-order valence-corrected chi connectivity index (χ3v) is 9.76. The highest BCUT2D eigenvalue weighted by Crippen LogP contribution is 2.44. The van der Waals surface area contributed by atoms with Crippen LogP contribution in [0.25, 0.3) is 10.9 Å². The highest BCUT2D eigenvalue weighted by molar-refractivity contribution is 6.74. The van der Waals surface area contributed by atoms with Gasteiger partial charge < -0.3 is 9.26 Å². The van der Waals surface area contributed by atoms with Crippen LogP contribution < -0.4 is 11.1 Å². The lowest BCUT2D eigenvalue weighted by Crippen LogP contribution is -2.46. The second-order valence-electron chi connectivity index (χ2n) is 9.94. The van der Waals surface area contributed by atoms with Crippen molar-refractivity contribution in [3.8, 4) is 0 Å². The molecular weight excluding hydrogens is 386 g/mol. The quantitative estimate of drug-likeness (QED) is 0.566. The molecule has 0 unspecified atom stereocenters. The zero-order valence-electron chi connectivity index (χ0n) is 18.9. The molecular formula is C21H33N3O4Si. The molecule has 0 radical (unpaired) electrons. The van der Waals surface area contributed by atoms with Gasteiger partial charge in [0, 0.05) is 6.92 Å². The lowest BCUT2D eigenvalue weighted by Gasteiger charge is -2.43. The molecule has 0 fully saturated rings. The Morgan fingerprint density at radius 3 is 2.24 bits per heavy atom. The fourth-order valence-corrected chi connectivity index (χ4v) is 4.01. The van der Waals surface area contributed by atoms with E-state index in [4.69, 9.17) is 14.2 Å². The number of fused-ring (bicyclic) bond motifs is 1. The van der Waals surface area contributed by atoms with Gasteiger partial charge >= 0.3 is 5.97 Å². The number of aromatic nitrogens is 2. The van der Waals surface area contributed by atoms with Crippen LogP contribution in [0.3, 0.4) is 0 Å². The average molecular weight is 420 g/mol. The number of carbonyl (C=O) groups is 1. The lowest BCUT2D eigenvalue weighted by atomic mass is 9.88. The van der Waals surface area contributed by atoms with Gasteiger partial charge in [-0.15, -0.1) is 5.59 Å². The maximum Gasteiger partial charge on any atom is 0.331 e. The number of nitrogens with zero attached hydrogens (tertiary/aromatic N) is 2. The molecule has 2 rings (SSSR count). The molecule has 0 aliphatic carbocycles. The summed E-state index contributed by atoms with van der Waals surface area (Å²) in [5, 5.41) is 0.401. The summed E-state index contributed by atoms with van der Waals surface area (Å²) in [6, 6.07) is 7.10. The zero-order chi connectivity index (χ0) is 22.2. The zero-order valence-corrected chi connectivity index (χ0v) is 19.9. The van der Waals surface area contributed by atoms with Gasteiger partial charge in [-0.05, 0) is 35.7 Å². The number of nitrogens with one attached hydrogen (secondary N) is 1. The van der Waals surface area contributed by atoms with E-state index in [0.717, 1.165) is 0 Å². The second kappa shape index (κ2) is 7.91. The molecule has 1 heterocycles. The minimum absolute atomic E-state index is 0.0260. The summed E-state index contributed by atoms with van der Waals surface area (Å²) < 4.78 is 7.93. The summed E-state index contributed by atoms with van der Waals surface area (Å²) in [7, 11) is -2.20. The van der Waals surface area contributed by atoms with E-state index in [1.54, 1.807) is 18.2 Å². The Labute approximate surface area is 173 Å². The Kier molecular flexibility index (Phi) is 6.30. The lowest BCUT2D eigenvalue weighted by molar-refractivity contribution is -0.139. The first-order valence-electron chi connectivity index (χ1n) is 9.78. The molecule has 0 saturated carbocycles. The molecule has 0 amide bonds. The molecule has 7 nitrogen and oxygen atoms in total. The van der Waals surface area contributed by atoms with Crippen LogP contribution >= 0.6 is 0 Å². The van der Waals surface area contributed by atoms with Gasteiger partial charge in [-0.1, -0.05) is 53.7 Å². The van der Waals surface area contributed by atoms with Crippen LogP contribution in [0.1, 0.15) is 60.4 Å². The highest BCUT2D eigenvalue weighted by Gasteiger charge is 2.43. The Hall–Kier alpha value is -2.19. The Morgan fingerprint density at radius 1 is 1.14 bits per heavy atom. The normalized spacial score (nSPS) is 14.0. The smallest absolute Gasteiger partial charge is 0.331 e. The van der Waals surface area contributed by atoms with Crippen LogP contribution in [0.5, 0.6) is 0 Å². The molecule has 8 heteroatoms. The molecule has 160 valence electrons. The van der Waals surface area contributed by atoms with E-state index in [1.807, 2.05) is 26.8 Å². The van der Waals surface area contributed by atoms with E-state index in [0.29, 0.717) is 16.7 Å². The number of benzene rings is 1. The first-order valence-corrected chi connectivity index (χ1v) is 12.7. The standard InChI is InChI=1S/C21H33N3O4Si/c1-14(25)27-23-24-18(22-16-13-11-10-12-15(16)19(24)26)17(20(2,3)4)28-29(8,9)21(5,6)7/h10-13,17,23H,1-9H3/t17-/m1/s1. The third kappa shape index (κ3) is 5.05. The summed E-state index contributed by atoms with van der Waals surface area (Å²) >= 11 is 0. The van der Waals surface area contributed by atoms with Gasteiger partial charge in [-0.25, -0.2) is 9.78 Å². The second-order valence-corrected chi connectivity index (χ2v) is 14.7. The molecule has 29 heavy (non-hydrogen) atoms. The highest BCUT2D eigenvalue weighted by atomic mass is 28.4. The van der Waals surface area contributed by atoms with Crippen molar-refractivity contribution in [1.29, 1.82) is 0 Å². The van der Waals surface area contributed by atoms with Gasteiger partial charge in [0.25, 0.3) is 5.56 Å². The maximum absolute atomic E-state index is 13.2. The summed E-state index contributed by atoms with van der Waals surface area (Å²) in [4.78, 5) is 34.3. The van der Waals surface area contributed by atoms with Gasteiger partial charge in [0.05, 0.1) is 10.9 Å².